The molecule has 1 heterocycles. The lowest BCUT2D eigenvalue weighted by atomic mass is 10.2. The molecule has 0 aromatic heterocycles. The van der Waals surface area contributed by atoms with Gasteiger partial charge in [-0.3, -0.25) is 0 Å². The fourth-order valence-electron chi connectivity index (χ4n) is 0.805. The molecule has 1 saturated heterocycles. The molecule has 0 aromatic rings. The molecule has 0 aromatic carbocycles. The van der Waals surface area contributed by atoms with E-state index in [1.807, 2.05) is 6.92 Å². The average molecular weight is 141 g/mol. The molecule has 1 N–H and O–H groups in total. The molecule has 0 saturated carbocycles. The SMILES string of the molecule is CCN/C=C1\CCOC1=O. The number of carbonyl (C=O) groups excluding carboxylic acids is 1. The Labute approximate surface area is 60.1 Å². The molecule has 10 heavy (non-hydrogen) atoms. The second-order valence-corrected chi connectivity index (χ2v) is 2.11. The molecule has 3 nitrogen and oxygen atoms in total. The van der Waals surface area contributed by atoms with Crippen LogP contribution in [0.25, 0.3) is 0 Å². The topological polar surface area (TPSA) is 38.3 Å². The summed E-state index contributed by atoms with van der Waals surface area (Å²) in [4.78, 5) is 10.7. The van der Waals surface area contributed by atoms with Gasteiger partial charge in [-0.05, 0) is 6.92 Å². The van der Waals surface area contributed by atoms with Crippen molar-refractivity contribution in [3.05, 3.63) is 11.8 Å². The Bertz CT molecular complexity index is 163. The van der Waals surface area contributed by atoms with Gasteiger partial charge in [0, 0.05) is 19.2 Å². The molecule has 1 rings (SSSR count). The lowest BCUT2D eigenvalue weighted by Gasteiger charge is -1.93. The molecule has 1 fully saturated rings. The Morgan fingerprint density at radius 2 is 2.60 bits per heavy atom. The van der Waals surface area contributed by atoms with E-state index in [-0.39, 0.29) is 5.97 Å². The van der Waals surface area contributed by atoms with Crippen molar-refractivity contribution in [3.63, 3.8) is 0 Å². The maximum Gasteiger partial charge on any atom is 0.335 e. The molecule has 0 radical (unpaired) electrons. The van der Waals surface area contributed by atoms with Gasteiger partial charge in [0.2, 0.25) is 0 Å². The summed E-state index contributed by atoms with van der Waals surface area (Å²) in [5, 5.41) is 2.96. The average Bonchev–Trinajstić information content (AvgIpc) is 2.31. The molecule has 1 aliphatic heterocycles. The molecular formula is C7H11NO2. The highest BCUT2D eigenvalue weighted by atomic mass is 16.5. The van der Waals surface area contributed by atoms with Gasteiger partial charge in [-0.1, -0.05) is 0 Å². The second-order valence-electron chi connectivity index (χ2n) is 2.11. The first-order valence-electron chi connectivity index (χ1n) is 3.44. The zero-order valence-electron chi connectivity index (χ0n) is 6.02. The predicted molar refractivity (Wildman–Crippen MR) is 37.3 cm³/mol. The van der Waals surface area contributed by atoms with Gasteiger partial charge in [-0.2, -0.15) is 0 Å². The number of hydrogen-bond donors (Lipinski definition) is 1. The van der Waals surface area contributed by atoms with Crippen molar-refractivity contribution < 1.29 is 9.53 Å². The smallest absolute Gasteiger partial charge is 0.335 e. The van der Waals surface area contributed by atoms with Crippen LogP contribution in [-0.4, -0.2) is 19.1 Å². The molecular weight excluding hydrogens is 130 g/mol. The first kappa shape index (κ1) is 7.12. The van der Waals surface area contributed by atoms with Crippen LogP contribution >= 0.6 is 0 Å². The fraction of sp³-hybridized carbons (Fsp3) is 0.571. The van der Waals surface area contributed by atoms with Crippen LogP contribution in [-0.2, 0) is 9.53 Å². The number of rotatable bonds is 2. The lowest BCUT2D eigenvalue weighted by Crippen LogP contribution is -2.06. The van der Waals surface area contributed by atoms with Gasteiger partial charge >= 0.3 is 5.97 Å². The first-order valence-corrected chi connectivity index (χ1v) is 3.44. The molecule has 56 valence electrons. The summed E-state index contributed by atoms with van der Waals surface area (Å²) in [7, 11) is 0. The highest BCUT2D eigenvalue weighted by molar-refractivity contribution is 5.90. The number of hydrogen-bond acceptors (Lipinski definition) is 3. The zero-order chi connectivity index (χ0) is 7.40. The van der Waals surface area contributed by atoms with Crippen molar-refractivity contribution in [3.8, 4) is 0 Å². The van der Waals surface area contributed by atoms with E-state index in [0.717, 1.165) is 18.5 Å². The monoisotopic (exact) mass is 141 g/mol. The van der Waals surface area contributed by atoms with E-state index < -0.39 is 0 Å². The largest absolute Gasteiger partial charge is 0.462 e. The maximum atomic E-state index is 10.7. The number of esters is 1. The van der Waals surface area contributed by atoms with Crippen LogP contribution in [0, 0.1) is 0 Å². The summed E-state index contributed by atoms with van der Waals surface area (Å²) in [5.41, 5.74) is 0.752. The lowest BCUT2D eigenvalue weighted by molar-refractivity contribution is -0.135. The van der Waals surface area contributed by atoms with E-state index >= 15 is 0 Å². The molecule has 0 spiro atoms. The van der Waals surface area contributed by atoms with Gasteiger partial charge in [0.1, 0.15) is 0 Å². The Morgan fingerprint density at radius 3 is 3.10 bits per heavy atom. The van der Waals surface area contributed by atoms with Crippen LogP contribution in [0.15, 0.2) is 11.8 Å². The molecule has 0 bridgehead atoms. The van der Waals surface area contributed by atoms with Gasteiger partial charge < -0.3 is 10.1 Å². The highest BCUT2D eigenvalue weighted by Crippen LogP contribution is 2.10. The third-order valence-corrected chi connectivity index (χ3v) is 1.35. The Hall–Kier alpha value is -0.990. The Morgan fingerprint density at radius 1 is 1.80 bits per heavy atom. The minimum Gasteiger partial charge on any atom is -0.462 e. The first-order chi connectivity index (χ1) is 4.84. The Balaban J connectivity index is 2.46. The minimum absolute atomic E-state index is 0.180. The third kappa shape index (κ3) is 1.50. The van der Waals surface area contributed by atoms with Gasteiger partial charge in [-0.25, -0.2) is 4.79 Å². The van der Waals surface area contributed by atoms with Crippen molar-refractivity contribution in [2.45, 2.75) is 13.3 Å². The summed E-state index contributed by atoms with van der Waals surface area (Å²) < 4.78 is 4.72. The van der Waals surface area contributed by atoms with Gasteiger partial charge in [0.05, 0.1) is 12.2 Å². The van der Waals surface area contributed by atoms with E-state index in [1.54, 1.807) is 6.20 Å². The van der Waals surface area contributed by atoms with E-state index in [2.05, 4.69) is 5.32 Å². The van der Waals surface area contributed by atoms with E-state index in [1.165, 1.54) is 0 Å². The molecule has 3 heteroatoms. The van der Waals surface area contributed by atoms with Crippen LogP contribution in [0.3, 0.4) is 0 Å². The van der Waals surface area contributed by atoms with Crippen LogP contribution in [0.2, 0.25) is 0 Å². The summed E-state index contributed by atoms with van der Waals surface area (Å²) in [5.74, 6) is -0.180. The van der Waals surface area contributed by atoms with Crippen molar-refractivity contribution >= 4 is 5.97 Å². The van der Waals surface area contributed by atoms with Crippen LogP contribution < -0.4 is 5.32 Å². The molecule has 0 unspecified atom stereocenters. The second kappa shape index (κ2) is 3.25. The van der Waals surface area contributed by atoms with Crippen molar-refractivity contribution in [2.24, 2.45) is 0 Å². The number of cyclic esters (lactones) is 1. The number of nitrogens with one attached hydrogen (secondary N) is 1. The maximum absolute atomic E-state index is 10.7. The van der Waals surface area contributed by atoms with Crippen molar-refractivity contribution in [1.82, 2.24) is 5.32 Å². The van der Waals surface area contributed by atoms with E-state index in [0.29, 0.717) is 6.61 Å². The van der Waals surface area contributed by atoms with Gasteiger partial charge in [-0.15, -0.1) is 0 Å². The standard InChI is InChI=1S/C7H11NO2/c1-2-8-5-6-3-4-10-7(6)9/h5,8H,2-4H2,1H3/b6-5+. The Kier molecular flexibility index (Phi) is 2.31. The highest BCUT2D eigenvalue weighted by Gasteiger charge is 2.17. The quantitative estimate of drug-likeness (QED) is 0.447. The summed E-state index contributed by atoms with van der Waals surface area (Å²) in [6.45, 7) is 3.37. The van der Waals surface area contributed by atoms with Gasteiger partial charge in [0.15, 0.2) is 0 Å². The molecule has 0 aliphatic carbocycles. The normalized spacial score (nSPS) is 21.3. The summed E-state index contributed by atoms with van der Waals surface area (Å²) >= 11 is 0. The number of carbonyl (C=O) groups is 1. The zero-order valence-corrected chi connectivity index (χ0v) is 6.02. The molecule has 1 aliphatic rings. The fourth-order valence-corrected chi connectivity index (χ4v) is 0.805. The summed E-state index contributed by atoms with van der Waals surface area (Å²) in [6, 6.07) is 0. The molecule has 0 amide bonds. The predicted octanol–water partition coefficient (Wildman–Crippen LogP) is 0.427. The molecule has 0 atom stereocenters. The third-order valence-electron chi connectivity index (χ3n) is 1.35. The summed E-state index contributed by atoms with van der Waals surface area (Å²) in [6.07, 6.45) is 2.47. The van der Waals surface area contributed by atoms with E-state index in [4.69, 9.17) is 4.74 Å². The van der Waals surface area contributed by atoms with Crippen LogP contribution in [0.4, 0.5) is 0 Å². The van der Waals surface area contributed by atoms with Gasteiger partial charge in [0.25, 0.3) is 0 Å². The van der Waals surface area contributed by atoms with E-state index in [9.17, 15) is 4.79 Å². The van der Waals surface area contributed by atoms with Crippen LogP contribution in [0.5, 0.6) is 0 Å². The van der Waals surface area contributed by atoms with Crippen molar-refractivity contribution in [2.75, 3.05) is 13.2 Å². The van der Waals surface area contributed by atoms with Crippen LogP contribution in [0.1, 0.15) is 13.3 Å². The van der Waals surface area contributed by atoms with Crippen molar-refractivity contribution in [1.29, 1.82) is 0 Å². The number of ether oxygens (including phenoxy) is 1. The minimum atomic E-state index is -0.180.